The first-order chi connectivity index (χ1) is 12.6. The number of amides is 2. The van der Waals surface area contributed by atoms with Gasteiger partial charge in [-0.1, -0.05) is 18.5 Å². The minimum absolute atomic E-state index is 0.00969. The standard InChI is InChI=1S/C16H16ClFN4O4S/c1-2-7-27(25,26)22-11-6-4-10(17)13(14(11)18)16(24)21-9-3-5-12(15(19)23)20-8-9/h3-6,8,22H,2,7H2,1H3,(H2,19,23)(H,21,24). The molecule has 0 aliphatic rings. The van der Waals surface area contributed by atoms with Gasteiger partial charge < -0.3 is 11.1 Å². The number of nitrogens with one attached hydrogen (secondary N) is 2. The van der Waals surface area contributed by atoms with Crippen molar-refractivity contribution in [1.29, 1.82) is 0 Å². The van der Waals surface area contributed by atoms with Crippen LogP contribution in [0.25, 0.3) is 0 Å². The van der Waals surface area contributed by atoms with Gasteiger partial charge in [0, 0.05) is 0 Å². The molecule has 2 amide bonds. The van der Waals surface area contributed by atoms with Crippen molar-refractivity contribution in [2.24, 2.45) is 5.73 Å². The summed E-state index contributed by atoms with van der Waals surface area (Å²) in [4.78, 5) is 27.1. The summed E-state index contributed by atoms with van der Waals surface area (Å²) in [7, 11) is -3.75. The van der Waals surface area contributed by atoms with Gasteiger partial charge in [0.1, 0.15) is 5.69 Å². The summed E-state index contributed by atoms with van der Waals surface area (Å²) in [5.41, 5.74) is 4.30. The van der Waals surface area contributed by atoms with E-state index >= 15 is 0 Å². The van der Waals surface area contributed by atoms with Gasteiger partial charge in [0.15, 0.2) is 5.82 Å². The Kier molecular flexibility index (Phi) is 6.34. The lowest BCUT2D eigenvalue weighted by atomic mass is 10.1. The molecule has 11 heteroatoms. The lowest BCUT2D eigenvalue weighted by molar-refractivity contribution is 0.0994. The van der Waals surface area contributed by atoms with Gasteiger partial charge in [-0.15, -0.1) is 0 Å². The highest BCUT2D eigenvalue weighted by molar-refractivity contribution is 7.92. The Morgan fingerprint density at radius 3 is 2.52 bits per heavy atom. The summed E-state index contributed by atoms with van der Waals surface area (Å²) >= 11 is 5.91. The molecule has 2 rings (SSSR count). The first kappa shape index (κ1) is 20.6. The van der Waals surface area contributed by atoms with Crippen LogP contribution in [-0.2, 0) is 10.0 Å². The highest BCUT2D eigenvalue weighted by Crippen LogP contribution is 2.27. The van der Waals surface area contributed by atoms with E-state index in [1.807, 2.05) is 0 Å². The molecule has 8 nitrogen and oxygen atoms in total. The first-order valence-electron chi connectivity index (χ1n) is 7.70. The van der Waals surface area contributed by atoms with Crippen molar-refractivity contribution in [2.45, 2.75) is 13.3 Å². The van der Waals surface area contributed by atoms with Gasteiger partial charge in [0.05, 0.1) is 33.9 Å². The number of carbonyl (C=O) groups excluding carboxylic acids is 2. The highest BCUT2D eigenvalue weighted by Gasteiger charge is 2.22. The number of anilines is 2. The van der Waals surface area contributed by atoms with Gasteiger partial charge in [-0.3, -0.25) is 14.3 Å². The van der Waals surface area contributed by atoms with E-state index in [1.165, 1.54) is 18.2 Å². The predicted octanol–water partition coefficient (Wildman–Crippen LogP) is 2.38. The Bertz CT molecular complexity index is 981. The molecule has 0 saturated heterocycles. The van der Waals surface area contributed by atoms with Gasteiger partial charge >= 0.3 is 0 Å². The van der Waals surface area contributed by atoms with Crippen LogP contribution in [0.15, 0.2) is 30.5 Å². The molecule has 0 radical (unpaired) electrons. The molecule has 1 heterocycles. The van der Waals surface area contributed by atoms with Crippen LogP contribution >= 0.6 is 11.6 Å². The van der Waals surface area contributed by atoms with E-state index in [2.05, 4.69) is 15.0 Å². The summed E-state index contributed by atoms with van der Waals surface area (Å²) in [6.45, 7) is 1.66. The second kappa shape index (κ2) is 8.31. The maximum absolute atomic E-state index is 14.7. The van der Waals surface area contributed by atoms with Crippen molar-refractivity contribution in [1.82, 2.24) is 4.98 Å². The third kappa shape index (κ3) is 5.14. The Hall–Kier alpha value is -2.72. The van der Waals surface area contributed by atoms with Gasteiger partial charge in [0.25, 0.3) is 11.8 Å². The number of pyridine rings is 1. The zero-order valence-corrected chi connectivity index (χ0v) is 15.7. The van der Waals surface area contributed by atoms with Crippen LogP contribution in [0, 0.1) is 5.82 Å². The van der Waals surface area contributed by atoms with E-state index in [1.54, 1.807) is 6.92 Å². The SMILES string of the molecule is CCCS(=O)(=O)Nc1ccc(Cl)c(C(=O)Nc2ccc(C(N)=O)nc2)c1F. The summed E-state index contributed by atoms with van der Waals surface area (Å²) in [5.74, 6) is -2.97. The monoisotopic (exact) mass is 414 g/mol. The summed E-state index contributed by atoms with van der Waals surface area (Å²) in [6, 6.07) is 4.97. The molecule has 0 aliphatic carbocycles. The molecule has 0 saturated carbocycles. The maximum atomic E-state index is 14.7. The number of hydrogen-bond acceptors (Lipinski definition) is 5. The second-order valence-electron chi connectivity index (χ2n) is 5.46. The lowest BCUT2D eigenvalue weighted by Gasteiger charge is -2.12. The number of halogens is 2. The van der Waals surface area contributed by atoms with Crippen molar-refractivity contribution in [3.05, 3.63) is 52.6 Å². The molecule has 1 aromatic carbocycles. The third-order valence-electron chi connectivity index (χ3n) is 3.33. The Balaban J connectivity index is 2.30. The number of sulfonamides is 1. The molecule has 0 aliphatic heterocycles. The van der Waals surface area contributed by atoms with Crippen molar-refractivity contribution >= 4 is 44.8 Å². The number of rotatable bonds is 7. The zero-order valence-electron chi connectivity index (χ0n) is 14.1. The van der Waals surface area contributed by atoms with Gasteiger partial charge in [0.2, 0.25) is 10.0 Å². The molecule has 1 aromatic heterocycles. The normalized spacial score (nSPS) is 11.1. The smallest absolute Gasteiger partial charge is 0.267 e. The molecule has 144 valence electrons. The minimum Gasteiger partial charge on any atom is -0.364 e. The fourth-order valence-electron chi connectivity index (χ4n) is 2.13. The topological polar surface area (TPSA) is 131 Å². The number of aromatic nitrogens is 1. The van der Waals surface area contributed by atoms with Crippen LogP contribution in [0.3, 0.4) is 0 Å². The van der Waals surface area contributed by atoms with Gasteiger partial charge in [-0.2, -0.15) is 0 Å². The molecule has 0 spiro atoms. The largest absolute Gasteiger partial charge is 0.364 e. The van der Waals surface area contributed by atoms with Crippen molar-refractivity contribution in [3.63, 3.8) is 0 Å². The van der Waals surface area contributed by atoms with Crippen molar-refractivity contribution in [3.8, 4) is 0 Å². The maximum Gasteiger partial charge on any atom is 0.267 e. The average Bonchev–Trinajstić information content (AvgIpc) is 2.58. The van der Waals surface area contributed by atoms with Gasteiger partial charge in [-0.25, -0.2) is 17.8 Å². The average molecular weight is 415 g/mol. The molecular formula is C16H16ClFN4O4S. The van der Waals surface area contributed by atoms with E-state index in [-0.39, 0.29) is 27.8 Å². The van der Waals surface area contributed by atoms with Crippen LogP contribution < -0.4 is 15.8 Å². The number of nitrogens with zero attached hydrogens (tertiary/aromatic N) is 1. The lowest BCUT2D eigenvalue weighted by Crippen LogP contribution is -2.20. The van der Waals surface area contributed by atoms with E-state index in [9.17, 15) is 22.4 Å². The van der Waals surface area contributed by atoms with E-state index in [0.29, 0.717) is 6.42 Å². The van der Waals surface area contributed by atoms with E-state index in [4.69, 9.17) is 17.3 Å². The van der Waals surface area contributed by atoms with Crippen molar-refractivity contribution < 1.29 is 22.4 Å². The number of benzene rings is 1. The second-order valence-corrected chi connectivity index (χ2v) is 7.70. The fraction of sp³-hybridized carbons (Fsp3) is 0.188. The number of hydrogen-bond donors (Lipinski definition) is 3. The molecule has 2 aromatic rings. The summed E-state index contributed by atoms with van der Waals surface area (Å²) in [5, 5.41) is 2.16. The highest BCUT2D eigenvalue weighted by atomic mass is 35.5. The molecule has 0 fully saturated rings. The van der Waals surface area contributed by atoms with Crippen LogP contribution in [-0.4, -0.2) is 31.0 Å². The Morgan fingerprint density at radius 2 is 1.96 bits per heavy atom. The number of carbonyl (C=O) groups is 2. The van der Waals surface area contributed by atoms with Crippen molar-refractivity contribution in [2.75, 3.05) is 15.8 Å². The molecular weight excluding hydrogens is 399 g/mol. The molecule has 27 heavy (non-hydrogen) atoms. The molecule has 0 bridgehead atoms. The predicted molar refractivity (Wildman–Crippen MR) is 99.8 cm³/mol. The van der Waals surface area contributed by atoms with Gasteiger partial charge in [-0.05, 0) is 30.7 Å². The van der Waals surface area contributed by atoms with Crippen LogP contribution in [0.5, 0.6) is 0 Å². The van der Waals surface area contributed by atoms with E-state index in [0.717, 1.165) is 12.3 Å². The molecule has 4 N–H and O–H groups in total. The van der Waals surface area contributed by atoms with Crippen LogP contribution in [0.2, 0.25) is 5.02 Å². The molecule has 0 atom stereocenters. The molecule has 0 unspecified atom stereocenters. The Labute approximate surface area is 160 Å². The quantitative estimate of drug-likeness (QED) is 0.640. The number of nitrogens with two attached hydrogens (primary N) is 1. The third-order valence-corrected chi connectivity index (χ3v) is 5.12. The zero-order chi connectivity index (χ0) is 20.2. The van der Waals surface area contributed by atoms with Crippen LogP contribution in [0.4, 0.5) is 15.8 Å². The summed E-state index contributed by atoms with van der Waals surface area (Å²) in [6.07, 6.45) is 1.50. The Morgan fingerprint density at radius 1 is 1.26 bits per heavy atom. The van der Waals surface area contributed by atoms with Crippen LogP contribution in [0.1, 0.15) is 34.2 Å². The first-order valence-corrected chi connectivity index (χ1v) is 9.73. The fourth-order valence-corrected chi connectivity index (χ4v) is 3.50. The number of primary amides is 1. The van der Waals surface area contributed by atoms with E-state index < -0.39 is 33.2 Å². The summed E-state index contributed by atoms with van der Waals surface area (Å²) < 4.78 is 40.4. The minimum atomic E-state index is -3.75.